The van der Waals surface area contributed by atoms with Gasteiger partial charge in [-0.05, 0) is 12.1 Å². The van der Waals surface area contributed by atoms with E-state index in [9.17, 15) is 9.90 Å². The molecule has 0 aliphatic heterocycles. The lowest BCUT2D eigenvalue weighted by Crippen LogP contribution is -2.21. The van der Waals surface area contributed by atoms with Crippen LogP contribution in [0.3, 0.4) is 0 Å². The van der Waals surface area contributed by atoms with Crippen LogP contribution in [0.2, 0.25) is 0 Å². The first-order valence-corrected chi connectivity index (χ1v) is 6.17. The maximum Gasteiger partial charge on any atom is 0.332 e. The molecule has 0 fully saturated rings. The fraction of sp³-hybridized carbons (Fsp3) is 0.167. The van der Waals surface area contributed by atoms with E-state index in [4.69, 9.17) is 4.74 Å². The summed E-state index contributed by atoms with van der Waals surface area (Å²) in [6.45, 7) is 0. The average molecular weight is 264 g/mol. The van der Waals surface area contributed by atoms with Crippen molar-refractivity contribution >= 4 is 23.0 Å². The minimum atomic E-state index is -0.980. The molecule has 0 saturated heterocycles. The molecule has 5 nitrogen and oxygen atoms in total. The highest BCUT2D eigenvalue weighted by atomic mass is 32.1. The number of ether oxygens (including phenoxy) is 1. The van der Waals surface area contributed by atoms with Gasteiger partial charge in [-0.1, -0.05) is 12.1 Å². The monoisotopic (exact) mass is 264 g/mol. The Kier molecular flexibility index (Phi) is 3.78. The number of hydrogen-bond acceptors (Lipinski definition) is 5. The second-order valence-electron chi connectivity index (χ2n) is 3.53. The van der Waals surface area contributed by atoms with Gasteiger partial charge in [-0.15, -0.1) is 11.3 Å². The maximum atomic E-state index is 11.3. The molecule has 6 heteroatoms. The van der Waals surface area contributed by atoms with Crippen molar-refractivity contribution in [3.05, 3.63) is 40.8 Å². The Labute approximate surface area is 108 Å². The third-order valence-corrected chi connectivity index (χ3v) is 3.01. The predicted octanol–water partition coefficient (Wildman–Crippen LogP) is 2.39. The molecule has 1 aromatic heterocycles. The van der Waals surface area contributed by atoms with E-state index in [1.54, 1.807) is 30.1 Å². The number of hydrogen-bond donors (Lipinski definition) is 2. The van der Waals surface area contributed by atoms with Crippen LogP contribution in [-0.2, 0) is 4.79 Å². The molecule has 0 aliphatic rings. The summed E-state index contributed by atoms with van der Waals surface area (Å²) in [6, 6.07) is 6.28. The zero-order valence-corrected chi connectivity index (χ0v) is 10.5. The van der Waals surface area contributed by atoms with Crippen LogP contribution in [0.5, 0.6) is 5.75 Å². The first-order valence-electron chi connectivity index (χ1n) is 5.23. The van der Waals surface area contributed by atoms with Crippen LogP contribution in [-0.4, -0.2) is 23.2 Å². The second-order valence-corrected chi connectivity index (χ2v) is 4.25. The van der Waals surface area contributed by atoms with Gasteiger partial charge in [-0.3, -0.25) is 0 Å². The van der Waals surface area contributed by atoms with Gasteiger partial charge in [-0.25, -0.2) is 9.78 Å². The number of thiazole rings is 1. The molecule has 1 unspecified atom stereocenters. The lowest BCUT2D eigenvalue weighted by molar-refractivity contribution is -0.138. The summed E-state index contributed by atoms with van der Waals surface area (Å²) in [5.41, 5.74) is 2.72. The number of aliphatic carboxylic acids is 1. The van der Waals surface area contributed by atoms with Gasteiger partial charge in [0.2, 0.25) is 0 Å². The summed E-state index contributed by atoms with van der Waals surface area (Å²) in [5.74, 6) is -0.384. The van der Waals surface area contributed by atoms with Crippen molar-refractivity contribution in [2.45, 2.75) is 6.04 Å². The highest BCUT2D eigenvalue weighted by Crippen LogP contribution is 2.27. The van der Waals surface area contributed by atoms with Crippen molar-refractivity contribution in [1.82, 2.24) is 4.98 Å². The third kappa shape index (κ3) is 2.60. The minimum absolute atomic E-state index is 0.485. The number of nitrogens with zero attached hydrogens (tertiary/aromatic N) is 1. The molecule has 0 bridgehead atoms. The molecule has 2 N–H and O–H groups in total. The Morgan fingerprint density at radius 1 is 1.50 bits per heavy atom. The lowest BCUT2D eigenvalue weighted by Gasteiger charge is -2.16. The van der Waals surface area contributed by atoms with Crippen molar-refractivity contribution < 1.29 is 14.6 Å². The summed E-state index contributed by atoms with van der Waals surface area (Å²) in [4.78, 5) is 15.3. The molecule has 1 heterocycles. The van der Waals surface area contributed by atoms with Crippen LogP contribution >= 0.6 is 11.3 Å². The smallest absolute Gasteiger partial charge is 0.332 e. The van der Waals surface area contributed by atoms with Crippen molar-refractivity contribution in [2.24, 2.45) is 0 Å². The van der Waals surface area contributed by atoms with Crippen LogP contribution < -0.4 is 10.1 Å². The van der Waals surface area contributed by atoms with Gasteiger partial charge in [0.05, 0.1) is 24.0 Å². The number of carboxylic acids is 1. The van der Waals surface area contributed by atoms with E-state index in [0.29, 0.717) is 17.1 Å². The molecule has 2 rings (SSSR count). The standard InChI is InChI=1S/C12H12N2O3S/c1-17-10-5-3-2-4-8(10)14-11(12(15)16)9-6-18-7-13-9/h2-7,11,14H,1H3,(H,15,16). The van der Waals surface area contributed by atoms with Crippen LogP contribution in [0.1, 0.15) is 11.7 Å². The molecule has 0 saturated carbocycles. The van der Waals surface area contributed by atoms with E-state index in [0.717, 1.165) is 0 Å². The number of rotatable bonds is 5. The molecular weight excluding hydrogens is 252 g/mol. The Morgan fingerprint density at radius 3 is 2.89 bits per heavy atom. The number of para-hydroxylation sites is 2. The van der Waals surface area contributed by atoms with Crippen LogP contribution in [0.25, 0.3) is 0 Å². The molecule has 0 amide bonds. The highest BCUT2D eigenvalue weighted by Gasteiger charge is 2.22. The number of benzene rings is 1. The number of nitrogens with one attached hydrogen (secondary N) is 1. The molecule has 0 radical (unpaired) electrons. The molecule has 18 heavy (non-hydrogen) atoms. The number of carboxylic acid groups (broad SMARTS) is 1. The van der Waals surface area contributed by atoms with Gasteiger partial charge in [0, 0.05) is 5.38 Å². The molecule has 1 aromatic carbocycles. The fourth-order valence-corrected chi connectivity index (χ4v) is 2.13. The molecule has 94 valence electrons. The normalized spacial score (nSPS) is 11.8. The Balaban J connectivity index is 2.27. The third-order valence-electron chi connectivity index (χ3n) is 2.40. The molecule has 0 spiro atoms. The minimum Gasteiger partial charge on any atom is -0.495 e. The molecule has 1 atom stereocenters. The van der Waals surface area contributed by atoms with Gasteiger partial charge >= 0.3 is 5.97 Å². The van der Waals surface area contributed by atoms with Gasteiger partial charge < -0.3 is 15.2 Å². The Hall–Kier alpha value is -2.08. The van der Waals surface area contributed by atoms with E-state index in [1.807, 2.05) is 12.1 Å². The van der Waals surface area contributed by atoms with E-state index >= 15 is 0 Å². The fourth-order valence-electron chi connectivity index (χ4n) is 1.55. The number of methoxy groups -OCH3 is 1. The topological polar surface area (TPSA) is 71.5 Å². The maximum absolute atomic E-state index is 11.3. The lowest BCUT2D eigenvalue weighted by atomic mass is 10.2. The number of aromatic nitrogens is 1. The summed E-state index contributed by atoms with van der Waals surface area (Å²) in [6.07, 6.45) is 0. The number of carbonyl (C=O) groups is 1. The summed E-state index contributed by atoms with van der Waals surface area (Å²) < 4.78 is 5.17. The van der Waals surface area contributed by atoms with Crippen molar-refractivity contribution in [3.8, 4) is 5.75 Å². The zero-order valence-electron chi connectivity index (χ0n) is 9.66. The SMILES string of the molecule is COc1ccccc1NC(C(=O)O)c1cscn1. The number of anilines is 1. The highest BCUT2D eigenvalue weighted by molar-refractivity contribution is 7.07. The average Bonchev–Trinajstić information content (AvgIpc) is 2.89. The summed E-state index contributed by atoms with van der Waals surface area (Å²) in [5, 5.41) is 13.9. The first kappa shape index (κ1) is 12.4. The largest absolute Gasteiger partial charge is 0.495 e. The van der Waals surface area contributed by atoms with Crippen molar-refractivity contribution in [3.63, 3.8) is 0 Å². The van der Waals surface area contributed by atoms with E-state index in [-0.39, 0.29) is 0 Å². The quantitative estimate of drug-likeness (QED) is 0.867. The predicted molar refractivity (Wildman–Crippen MR) is 69.1 cm³/mol. The van der Waals surface area contributed by atoms with Crippen LogP contribution in [0.15, 0.2) is 35.2 Å². The summed E-state index contributed by atoms with van der Waals surface area (Å²) in [7, 11) is 1.54. The van der Waals surface area contributed by atoms with Crippen molar-refractivity contribution in [1.29, 1.82) is 0 Å². The van der Waals surface area contributed by atoms with E-state index < -0.39 is 12.0 Å². The Morgan fingerprint density at radius 2 is 2.28 bits per heavy atom. The van der Waals surface area contributed by atoms with Gasteiger partial charge in [-0.2, -0.15) is 0 Å². The first-order chi connectivity index (χ1) is 8.72. The zero-order chi connectivity index (χ0) is 13.0. The second kappa shape index (κ2) is 5.50. The van der Waals surface area contributed by atoms with E-state index in [2.05, 4.69) is 10.3 Å². The van der Waals surface area contributed by atoms with E-state index in [1.165, 1.54) is 11.3 Å². The van der Waals surface area contributed by atoms with Gasteiger partial charge in [0.15, 0.2) is 6.04 Å². The summed E-state index contributed by atoms with van der Waals surface area (Å²) >= 11 is 1.36. The van der Waals surface area contributed by atoms with Gasteiger partial charge in [0.25, 0.3) is 0 Å². The van der Waals surface area contributed by atoms with Gasteiger partial charge in [0.1, 0.15) is 5.75 Å². The molecule has 0 aliphatic carbocycles. The molecule has 2 aromatic rings. The van der Waals surface area contributed by atoms with Crippen molar-refractivity contribution in [2.75, 3.05) is 12.4 Å². The van der Waals surface area contributed by atoms with Crippen LogP contribution in [0, 0.1) is 0 Å². The molecular formula is C12H12N2O3S. The van der Waals surface area contributed by atoms with Crippen LogP contribution in [0.4, 0.5) is 5.69 Å². The Bertz CT molecular complexity index is 528.